The molecule has 0 aliphatic carbocycles. The maximum absolute atomic E-state index is 13.0. The van der Waals surface area contributed by atoms with Gasteiger partial charge in [0.1, 0.15) is 11.6 Å². The summed E-state index contributed by atoms with van der Waals surface area (Å²) in [5, 5.41) is 12.4. The highest BCUT2D eigenvalue weighted by molar-refractivity contribution is 6.09. The van der Waals surface area contributed by atoms with Crippen LogP contribution in [-0.4, -0.2) is 32.8 Å². The van der Waals surface area contributed by atoms with Gasteiger partial charge in [0, 0.05) is 29.2 Å². The fourth-order valence-electron chi connectivity index (χ4n) is 3.80. The summed E-state index contributed by atoms with van der Waals surface area (Å²) in [6, 6.07) is 22.9. The lowest BCUT2D eigenvalue weighted by Crippen LogP contribution is -2.12. The molecule has 0 bridgehead atoms. The van der Waals surface area contributed by atoms with Gasteiger partial charge >= 0.3 is 0 Å². The summed E-state index contributed by atoms with van der Waals surface area (Å²) in [5.74, 6) is 1.31. The zero-order valence-electron chi connectivity index (χ0n) is 17.7. The van der Waals surface area contributed by atoms with Gasteiger partial charge in [-0.3, -0.25) is 4.79 Å². The molecule has 0 saturated heterocycles. The van der Waals surface area contributed by atoms with Crippen LogP contribution in [0.2, 0.25) is 0 Å². The summed E-state index contributed by atoms with van der Waals surface area (Å²) < 4.78 is 7.35. The van der Waals surface area contributed by atoms with Crippen molar-refractivity contribution in [1.82, 2.24) is 19.7 Å². The van der Waals surface area contributed by atoms with E-state index in [-0.39, 0.29) is 5.91 Å². The molecule has 0 unspecified atom stereocenters. The predicted molar refractivity (Wildman–Crippen MR) is 124 cm³/mol. The van der Waals surface area contributed by atoms with Crippen molar-refractivity contribution in [3.63, 3.8) is 0 Å². The van der Waals surface area contributed by atoms with Gasteiger partial charge in [0.25, 0.3) is 5.91 Å². The van der Waals surface area contributed by atoms with E-state index in [1.165, 1.54) is 0 Å². The number of imidazole rings is 1. The highest BCUT2D eigenvalue weighted by Gasteiger charge is 2.16. The van der Waals surface area contributed by atoms with Crippen LogP contribution in [0.3, 0.4) is 0 Å². The van der Waals surface area contributed by atoms with Crippen LogP contribution in [0.1, 0.15) is 21.7 Å². The minimum atomic E-state index is -0.212. The van der Waals surface area contributed by atoms with Crippen LogP contribution < -0.4 is 10.1 Å². The monoisotopic (exact) mass is 423 g/mol. The van der Waals surface area contributed by atoms with Crippen LogP contribution in [0.15, 0.2) is 72.8 Å². The zero-order chi connectivity index (χ0) is 22.1. The molecule has 0 fully saturated rings. The van der Waals surface area contributed by atoms with Crippen molar-refractivity contribution in [3.05, 3.63) is 89.7 Å². The number of amides is 1. The van der Waals surface area contributed by atoms with Gasteiger partial charge in [-0.1, -0.05) is 36.4 Å². The molecule has 7 nitrogen and oxygen atoms in total. The average molecular weight is 423 g/mol. The molecule has 0 aliphatic rings. The molecule has 0 atom stereocenters. The number of hydrogen-bond acceptors (Lipinski definition) is 5. The van der Waals surface area contributed by atoms with Gasteiger partial charge < -0.3 is 14.6 Å². The normalized spacial score (nSPS) is 11.1. The van der Waals surface area contributed by atoms with E-state index < -0.39 is 0 Å². The van der Waals surface area contributed by atoms with E-state index in [0.717, 1.165) is 22.3 Å². The minimum absolute atomic E-state index is 0.212. The average Bonchev–Trinajstić information content (AvgIpc) is 3.14. The summed E-state index contributed by atoms with van der Waals surface area (Å²) in [6.45, 7) is 2.61. The molecule has 5 aromatic rings. The predicted octanol–water partition coefficient (Wildman–Crippen LogP) is 4.60. The maximum atomic E-state index is 13.0. The maximum Gasteiger partial charge on any atom is 0.255 e. The third-order valence-corrected chi connectivity index (χ3v) is 5.42. The first-order chi connectivity index (χ1) is 15.6. The fraction of sp³-hybridized carbons (Fsp3) is 0.120. The number of fused-ring (bicyclic) bond motifs is 3. The molecule has 0 radical (unpaired) electrons. The van der Waals surface area contributed by atoms with E-state index in [2.05, 4.69) is 37.2 Å². The molecule has 2 heterocycles. The Labute approximate surface area is 184 Å². The second-order valence-corrected chi connectivity index (χ2v) is 7.52. The lowest BCUT2D eigenvalue weighted by molar-refractivity contribution is 0.102. The van der Waals surface area contributed by atoms with Gasteiger partial charge in [0.2, 0.25) is 5.65 Å². The van der Waals surface area contributed by atoms with Crippen molar-refractivity contribution in [1.29, 1.82) is 0 Å². The second-order valence-electron chi connectivity index (χ2n) is 7.52. The Bertz CT molecular complexity index is 1440. The lowest BCUT2D eigenvalue weighted by Gasteiger charge is -2.10. The first kappa shape index (κ1) is 19.7. The van der Waals surface area contributed by atoms with Gasteiger partial charge in [-0.2, -0.15) is 0 Å². The van der Waals surface area contributed by atoms with E-state index in [9.17, 15) is 4.79 Å². The summed E-state index contributed by atoms with van der Waals surface area (Å²) in [5.41, 5.74) is 4.50. The molecule has 32 heavy (non-hydrogen) atoms. The molecule has 3 aromatic carbocycles. The number of nitrogens with one attached hydrogen (secondary N) is 1. The van der Waals surface area contributed by atoms with Crippen LogP contribution in [0, 0.1) is 6.92 Å². The molecule has 158 valence electrons. The summed E-state index contributed by atoms with van der Waals surface area (Å²) >= 11 is 0. The van der Waals surface area contributed by atoms with Gasteiger partial charge in [0.15, 0.2) is 0 Å². The highest BCUT2D eigenvalue weighted by atomic mass is 16.5. The number of hydrogen-bond donors (Lipinski definition) is 1. The molecule has 0 saturated carbocycles. The van der Waals surface area contributed by atoms with Gasteiger partial charge in [0.05, 0.1) is 18.1 Å². The third-order valence-electron chi connectivity index (χ3n) is 5.42. The van der Waals surface area contributed by atoms with Crippen LogP contribution in [0.4, 0.5) is 5.69 Å². The standard InChI is InChI=1S/C25H21N5O2/c1-16-26-24-23(30(16)15-17-7-4-3-5-8-17)21-13-18(11-12-22(21)28-29-24)25(31)27-19-9-6-10-20(14-19)32-2/h3-14H,15H2,1-2H3,(H,27,31). The van der Waals surface area contributed by atoms with Crippen molar-refractivity contribution in [2.24, 2.45) is 0 Å². The number of anilines is 1. The number of aryl methyl sites for hydroxylation is 1. The van der Waals surface area contributed by atoms with E-state index in [1.807, 2.05) is 55.5 Å². The number of aromatic nitrogens is 4. The quantitative estimate of drug-likeness (QED) is 0.447. The second kappa shape index (κ2) is 8.11. The van der Waals surface area contributed by atoms with Crippen molar-refractivity contribution >= 4 is 33.7 Å². The summed E-state index contributed by atoms with van der Waals surface area (Å²) in [4.78, 5) is 17.6. The molecular formula is C25H21N5O2. The summed E-state index contributed by atoms with van der Waals surface area (Å²) in [6.07, 6.45) is 0. The van der Waals surface area contributed by atoms with Gasteiger partial charge in [-0.15, -0.1) is 10.2 Å². The number of benzene rings is 3. The van der Waals surface area contributed by atoms with Crippen molar-refractivity contribution in [2.45, 2.75) is 13.5 Å². The number of rotatable bonds is 5. The van der Waals surface area contributed by atoms with Crippen LogP contribution in [0.5, 0.6) is 5.75 Å². The number of carbonyl (C=O) groups is 1. The van der Waals surface area contributed by atoms with Crippen LogP contribution in [0.25, 0.3) is 22.1 Å². The molecule has 1 amide bonds. The summed E-state index contributed by atoms with van der Waals surface area (Å²) in [7, 11) is 1.59. The van der Waals surface area contributed by atoms with Crippen molar-refractivity contribution < 1.29 is 9.53 Å². The highest BCUT2D eigenvalue weighted by Crippen LogP contribution is 2.26. The van der Waals surface area contributed by atoms with E-state index >= 15 is 0 Å². The largest absolute Gasteiger partial charge is 0.497 e. The number of carbonyl (C=O) groups excluding carboxylic acids is 1. The van der Waals surface area contributed by atoms with Crippen molar-refractivity contribution in [3.8, 4) is 5.75 Å². The lowest BCUT2D eigenvalue weighted by atomic mass is 10.1. The SMILES string of the molecule is COc1cccc(NC(=O)c2ccc3nnc4nc(C)n(Cc5ccccc5)c4c3c2)c1. The van der Waals surface area contributed by atoms with E-state index in [1.54, 1.807) is 19.2 Å². The first-order valence-electron chi connectivity index (χ1n) is 10.2. The smallest absolute Gasteiger partial charge is 0.255 e. The Balaban J connectivity index is 1.57. The van der Waals surface area contributed by atoms with E-state index in [4.69, 9.17) is 4.74 Å². The molecular weight excluding hydrogens is 402 g/mol. The molecule has 7 heteroatoms. The topological polar surface area (TPSA) is 81.9 Å². The van der Waals surface area contributed by atoms with Gasteiger partial charge in [-0.05, 0) is 42.8 Å². The number of ether oxygens (including phenoxy) is 1. The Morgan fingerprint density at radius 2 is 1.84 bits per heavy atom. The molecule has 2 aromatic heterocycles. The van der Waals surface area contributed by atoms with Gasteiger partial charge in [-0.25, -0.2) is 4.98 Å². The Morgan fingerprint density at radius 3 is 2.66 bits per heavy atom. The first-order valence-corrected chi connectivity index (χ1v) is 10.2. The Hall–Kier alpha value is -4.26. The Morgan fingerprint density at radius 1 is 1.00 bits per heavy atom. The van der Waals surface area contributed by atoms with Crippen molar-refractivity contribution in [2.75, 3.05) is 12.4 Å². The number of methoxy groups -OCH3 is 1. The zero-order valence-corrected chi connectivity index (χ0v) is 17.7. The molecule has 0 aliphatic heterocycles. The van der Waals surface area contributed by atoms with Crippen LogP contribution in [-0.2, 0) is 6.54 Å². The third kappa shape index (κ3) is 3.65. The minimum Gasteiger partial charge on any atom is -0.497 e. The molecule has 5 rings (SSSR count). The molecule has 1 N–H and O–H groups in total. The van der Waals surface area contributed by atoms with E-state index in [0.29, 0.717) is 34.7 Å². The molecule has 0 spiro atoms. The Kier molecular flexibility index (Phi) is 4.99. The number of nitrogens with zero attached hydrogens (tertiary/aromatic N) is 4. The van der Waals surface area contributed by atoms with Crippen LogP contribution >= 0.6 is 0 Å². The fourth-order valence-corrected chi connectivity index (χ4v) is 3.80.